The van der Waals surface area contributed by atoms with Gasteiger partial charge in [0.25, 0.3) is 7.82 Å². The van der Waals surface area contributed by atoms with Gasteiger partial charge in [-0.05, 0) is 44.9 Å². The molecule has 0 amide bonds. The molecule has 1 rings (SSSR count). The van der Waals surface area contributed by atoms with E-state index in [2.05, 4.69) is 52.4 Å². The summed E-state index contributed by atoms with van der Waals surface area (Å²) in [5.74, 6) is -0.582. The number of unbranched alkanes of at least 4 members (excludes halogenated alkanes) is 4. The van der Waals surface area contributed by atoms with Crippen LogP contribution in [0.15, 0.2) is 48.6 Å². The number of hydrogen-bond acceptors (Lipinski definition) is 12. The third-order valence-corrected chi connectivity index (χ3v) is 7.36. The quantitative estimate of drug-likeness (QED) is 0.0285. The van der Waals surface area contributed by atoms with Crippen molar-refractivity contribution in [3.8, 4) is 0 Å². The van der Waals surface area contributed by atoms with Gasteiger partial charge >= 0.3 is 35.5 Å². The summed E-state index contributed by atoms with van der Waals surface area (Å²) in [7, 11) is -5.25. The molecule has 0 bridgehead atoms. The predicted molar refractivity (Wildman–Crippen MR) is 154 cm³/mol. The number of rotatable bonds is 21. The van der Waals surface area contributed by atoms with Gasteiger partial charge in [0, 0.05) is 6.42 Å². The molecule has 0 aromatic heterocycles. The molecular formula is C29H48NaO12P. The minimum absolute atomic E-state index is 0. The van der Waals surface area contributed by atoms with E-state index in [4.69, 9.17) is 4.74 Å². The van der Waals surface area contributed by atoms with Gasteiger partial charge in [0.05, 0.1) is 6.61 Å². The third kappa shape index (κ3) is 18.8. The summed E-state index contributed by atoms with van der Waals surface area (Å²) in [6.45, 7) is 0.802. The van der Waals surface area contributed by atoms with Gasteiger partial charge in [0.2, 0.25) is 0 Å². The second-order valence-corrected chi connectivity index (χ2v) is 11.4. The number of ether oxygens (including phenoxy) is 1. The summed E-state index contributed by atoms with van der Waals surface area (Å²) < 4.78 is 25.9. The smallest absolute Gasteiger partial charge is 0.756 e. The van der Waals surface area contributed by atoms with E-state index < -0.39 is 69.7 Å². The molecule has 0 saturated heterocycles. The van der Waals surface area contributed by atoms with Crippen LogP contribution in [0.2, 0.25) is 0 Å². The van der Waals surface area contributed by atoms with E-state index in [0.717, 1.165) is 25.7 Å². The zero-order valence-corrected chi connectivity index (χ0v) is 28.1. The van der Waals surface area contributed by atoms with Crippen LogP contribution in [-0.4, -0.2) is 92.5 Å². The number of carbonyl (C=O) groups is 1. The molecule has 0 aliphatic heterocycles. The van der Waals surface area contributed by atoms with Gasteiger partial charge in [-0.15, -0.1) is 0 Å². The molecule has 6 atom stereocenters. The third-order valence-electron chi connectivity index (χ3n) is 6.39. The number of aliphatic hydroxyl groups is 6. The fourth-order valence-corrected chi connectivity index (χ4v) is 4.88. The van der Waals surface area contributed by atoms with Crippen LogP contribution in [0.1, 0.15) is 71.1 Å². The Bertz CT molecular complexity index is 896. The topological polar surface area (TPSA) is 206 Å². The Morgan fingerprint density at radius 1 is 0.767 bits per heavy atom. The van der Waals surface area contributed by atoms with Gasteiger partial charge in [-0.1, -0.05) is 68.4 Å². The summed E-state index contributed by atoms with van der Waals surface area (Å²) in [5, 5.41) is 58.4. The van der Waals surface area contributed by atoms with Crippen LogP contribution in [0.4, 0.5) is 0 Å². The number of aliphatic hydroxyl groups excluding tert-OH is 6. The second-order valence-electron chi connectivity index (χ2n) is 10.1. The average molecular weight is 643 g/mol. The van der Waals surface area contributed by atoms with E-state index in [1.165, 1.54) is 19.3 Å². The van der Waals surface area contributed by atoms with Crippen LogP contribution in [-0.2, 0) is 23.1 Å². The molecule has 0 aromatic rings. The minimum Gasteiger partial charge on any atom is -0.756 e. The van der Waals surface area contributed by atoms with Crippen molar-refractivity contribution in [1.29, 1.82) is 0 Å². The van der Waals surface area contributed by atoms with Crippen molar-refractivity contribution in [2.24, 2.45) is 0 Å². The zero-order chi connectivity index (χ0) is 31.4. The fourth-order valence-electron chi connectivity index (χ4n) is 3.91. The van der Waals surface area contributed by atoms with Gasteiger partial charge in [0.15, 0.2) is 0 Å². The van der Waals surface area contributed by atoms with Crippen LogP contribution in [0.25, 0.3) is 0 Å². The number of esters is 1. The Morgan fingerprint density at radius 3 is 1.74 bits per heavy atom. The standard InChI is InChI=1S/C29H49O12P.Na/c1-2-3-4-5-6-7-8-9-10-11-12-13-14-15-16-17-18-19-23(31)39-20-22(30)21-40-42(37,38)41-29-27(35)25(33)24(32)26(34)28(29)36;/h6-7,9-10,12-13,15-16,22,24-30,32-36H,2-5,8,11,14,17-21H2,1H3,(H,37,38);/q;+1/p-1/b7-6-,10-9-,13-12-,16-15-;. The molecule has 43 heavy (non-hydrogen) atoms. The number of allylic oxidation sites excluding steroid dienone is 8. The van der Waals surface area contributed by atoms with Crippen LogP contribution in [0.5, 0.6) is 0 Å². The van der Waals surface area contributed by atoms with E-state index >= 15 is 0 Å². The largest absolute Gasteiger partial charge is 1.00 e. The average Bonchev–Trinajstić information content (AvgIpc) is 2.96. The van der Waals surface area contributed by atoms with E-state index in [-0.39, 0.29) is 36.0 Å². The number of phosphoric ester groups is 1. The maximum Gasteiger partial charge on any atom is 1.00 e. The molecule has 0 heterocycles. The Kier molecular flexibility index (Phi) is 24.1. The molecule has 242 valence electrons. The van der Waals surface area contributed by atoms with Crippen molar-refractivity contribution in [3.63, 3.8) is 0 Å². The van der Waals surface area contributed by atoms with Gasteiger partial charge in [-0.3, -0.25) is 9.36 Å². The Hall–Kier alpha value is -0.700. The van der Waals surface area contributed by atoms with Crippen LogP contribution in [0.3, 0.4) is 0 Å². The van der Waals surface area contributed by atoms with Crippen molar-refractivity contribution in [1.82, 2.24) is 0 Å². The molecule has 1 saturated carbocycles. The Morgan fingerprint density at radius 2 is 1.23 bits per heavy atom. The monoisotopic (exact) mass is 642 g/mol. The summed E-state index contributed by atoms with van der Waals surface area (Å²) in [6.07, 6.45) is 12.2. The molecule has 1 aliphatic rings. The van der Waals surface area contributed by atoms with E-state index in [1.807, 2.05) is 12.2 Å². The molecule has 0 spiro atoms. The minimum atomic E-state index is -5.25. The van der Waals surface area contributed by atoms with Crippen LogP contribution < -0.4 is 34.5 Å². The Labute approximate surface area is 276 Å². The first-order chi connectivity index (χ1) is 20.0. The van der Waals surface area contributed by atoms with Crippen molar-refractivity contribution in [3.05, 3.63) is 48.6 Å². The fraction of sp³-hybridized carbons (Fsp3) is 0.690. The molecule has 12 nitrogen and oxygen atoms in total. The summed E-state index contributed by atoms with van der Waals surface area (Å²) >= 11 is 0. The van der Waals surface area contributed by atoms with Gasteiger partial charge in [-0.2, -0.15) is 0 Å². The van der Waals surface area contributed by atoms with Crippen molar-refractivity contribution in [2.75, 3.05) is 13.2 Å². The van der Waals surface area contributed by atoms with Gasteiger partial charge in [0.1, 0.15) is 49.3 Å². The molecule has 1 aliphatic carbocycles. The summed E-state index contributed by atoms with van der Waals surface area (Å²) in [6, 6.07) is 0. The van der Waals surface area contributed by atoms with Crippen molar-refractivity contribution < 1.29 is 88.2 Å². The summed E-state index contributed by atoms with van der Waals surface area (Å²) in [4.78, 5) is 23.9. The number of phosphoric acid groups is 1. The first kappa shape index (κ1) is 42.3. The normalized spacial score (nSPS) is 26.7. The molecule has 0 aromatic carbocycles. The molecule has 0 radical (unpaired) electrons. The van der Waals surface area contributed by atoms with Crippen molar-refractivity contribution >= 4 is 13.8 Å². The van der Waals surface area contributed by atoms with Crippen LogP contribution in [0, 0.1) is 0 Å². The molecule has 14 heteroatoms. The molecule has 1 fully saturated rings. The molecule has 6 unspecified atom stereocenters. The first-order valence-corrected chi connectivity index (χ1v) is 15.9. The molecular weight excluding hydrogens is 594 g/mol. The van der Waals surface area contributed by atoms with E-state index in [9.17, 15) is 44.9 Å². The van der Waals surface area contributed by atoms with E-state index in [1.54, 1.807) is 0 Å². The first-order valence-electron chi connectivity index (χ1n) is 14.5. The SMILES string of the molecule is CCCCC/C=C\C/C=C\C/C=C\C/C=C\CCCC(=O)OCC(O)COP(=O)([O-])OC1C(O)C(O)C(O)C(O)C1O.[Na+]. The van der Waals surface area contributed by atoms with Crippen molar-refractivity contribution in [2.45, 2.75) is 114 Å². The van der Waals surface area contributed by atoms with Crippen LogP contribution >= 0.6 is 7.82 Å². The number of carbonyl (C=O) groups excluding carboxylic acids is 1. The second kappa shape index (κ2) is 24.5. The summed E-state index contributed by atoms with van der Waals surface area (Å²) in [5.41, 5.74) is 0. The number of hydrogen-bond donors (Lipinski definition) is 6. The van der Waals surface area contributed by atoms with Gasteiger partial charge in [-0.25, -0.2) is 0 Å². The van der Waals surface area contributed by atoms with Gasteiger partial charge < -0.3 is 49.3 Å². The maximum atomic E-state index is 12.0. The predicted octanol–water partition coefficient (Wildman–Crippen LogP) is -1.27. The van der Waals surface area contributed by atoms with E-state index in [0.29, 0.717) is 12.8 Å². The zero-order valence-electron chi connectivity index (χ0n) is 25.2. The Balaban J connectivity index is 0.0000176. The molecule has 6 N–H and O–H groups in total. The maximum absolute atomic E-state index is 12.0.